The monoisotopic (exact) mass is 354 g/mol. The first-order chi connectivity index (χ1) is 12.6. The number of anilines is 1. The Morgan fingerprint density at radius 2 is 1.92 bits per heavy atom. The van der Waals surface area contributed by atoms with Crippen LogP contribution in [0.3, 0.4) is 0 Å². The molecular formula is C21H26N2O3. The maximum Gasteiger partial charge on any atom is 0.238 e. The number of carbonyl (C=O) groups is 1. The number of nitrogens with one attached hydrogen (secondary N) is 1. The van der Waals surface area contributed by atoms with Gasteiger partial charge in [0.15, 0.2) is 11.5 Å². The highest BCUT2D eigenvalue weighted by molar-refractivity contribution is 5.92. The first-order valence-electron chi connectivity index (χ1n) is 8.90. The predicted molar refractivity (Wildman–Crippen MR) is 103 cm³/mol. The Hall–Kier alpha value is -2.53. The largest absolute Gasteiger partial charge is 0.493 e. The molecule has 0 saturated carbocycles. The van der Waals surface area contributed by atoms with Crippen LogP contribution in [0.15, 0.2) is 36.4 Å². The number of hydrogen-bond donors (Lipinski definition) is 1. The topological polar surface area (TPSA) is 50.8 Å². The Morgan fingerprint density at radius 3 is 2.69 bits per heavy atom. The summed E-state index contributed by atoms with van der Waals surface area (Å²) in [4.78, 5) is 14.3. The lowest BCUT2D eigenvalue weighted by Gasteiger charge is -2.19. The van der Waals surface area contributed by atoms with E-state index in [0.29, 0.717) is 24.6 Å². The van der Waals surface area contributed by atoms with Crippen molar-refractivity contribution >= 4 is 11.6 Å². The third kappa shape index (κ3) is 4.17. The molecule has 0 aromatic heterocycles. The van der Waals surface area contributed by atoms with Crippen LogP contribution in [0.1, 0.15) is 23.1 Å². The first kappa shape index (κ1) is 18.3. The number of rotatable bonds is 7. The van der Waals surface area contributed by atoms with Crippen molar-refractivity contribution in [2.45, 2.75) is 25.8 Å². The third-order valence-electron chi connectivity index (χ3n) is 4.72. The van der Waals surface area contributed by atoms with Crippen LogP contribution < -0.4 is 14.8 Å². The molecule has 0 heterocycles. The number of nitrogens with zero attached hydrogens (tertiary/aromatic N) is 1. The summed E-state index contributed by atoms with van der Waals surface area (Å²) in [6, 6.07) is 12.0. The minimum Gasteiger partial charge on any atom is -0.493 e. The predicted octanol–water partition coefficient (Wildman–Crippen LogP) is 3.26. The summed E-state index contributed by atoms with van der Waals surface area (Å²) >= 11 is 0. The number of hydrogen-bond acceptors (Lipinski definition) is 4. The summed E-state index contributed by atoms with van der Waals surface area (Å²) in [5.74, 6) is 1.38. The SMILES string of the molecule is COc1cccc(CN(C)CC(=O)Nc2ccc3c(c2)CCC3)c1OC. The zero-order valence-corrected chi connectivity index (χ0v) is 15.7. The molecule has 0 aliphatic heterocycles. The zero-order valence-electron chi connectivity index (χ0n) is 15.7. The first-order valence-corrected chi connectivity index (χ1v) is 8.90. The highest BCUT2D eigenvalue weighted by atomic mass is 16.5. The molecule has 1 amide bonds. The van der Waals surface area contributed by atoms with Gasteiger partial charge in [0.05, 0.1) is 20.8 Å². The van der Waals surface area contributed by atoms with Gasteiger partial charge < -0.3 is 14.8 Å². The minimum absolute atomic E-state index is 0.0210. The number of carbonyl (C=O) groups excluding carboxylic acids is 1. The molecule has 2 aromatic rings. The number of amides is 1. The molecule has 138 valence electrons. The molecule has 0 atom stereocenters. The summed E-state index contributed by atoms with van der Waals surface area (Å²) in [6.45, 7) is 0.898. The van der Waals surface area contributed by atoms with Gasteiger partial charge in [-0.15, -0.1) is 0 Å². The number of ether oxygens (including phenoxy) is 2. The molecule has 0 bridgehead atoms. The minimum atomic E-state index is -0.0210. The Morgan fingerprint density at radius 1 is 1.12 bits per heavy atom. The fourth-order valence-electron chi connectivity index (χ4n) is 3.52. The van der Waals surface area contributed by atoms with Crippen LogP contribution in [-0.4, -0.2) is 38.6 Å². The Labute approximate surface area is 154 Å². The molecule has 1 aliphatic rings. The second-order valence-electron chi connectivity index (χ2n) is 6.71. The highest BCUT2D eigenvalue weighted by Crippen LogP contribution is 2.31. The molecule has 3 rings (SSSR count). The molecule has 1 N–H and O–H groups in total. The van der Waals surface area contributed by atoms with Crippen molar-refractivity contribution < 1.29 is 14.3 Å². The maximum atomic E-state index is 12.4. The highest BCUT2D eigenvalue weighted by Gasteiger charge is 2.15. The van der Waals surface area contributed by atoms with Crippen molar-refractivity contribution in [2.24, 2.45) is 0 Å². The number of para-hydroxylation sites is 1. The fourth-order valence-corrected chi connectivity index (χ4v) is 3.52. The van der Waals surface area contributed by atoms with Gasteiger partial charge in [0.25, 0.3) is 0 Å². The summed E-state index contributed by atoms with van der Waals surface area (Å²) < 4.78 is 10.8. The lowest BCUT2D eigenvalue weighted by atomic mass is 10.1. The van der Waals surface area contributed by atoms with E-state index in [-0.39, 0.29) is 5.91 Å². The quantitative estimate of drug-likeness (QED) is 0.829. The average molecular weight is 354 g/mol. The standard InChI is InChI=1S/C21H26N2O3/c1-23(13-17-8-5-9-19(25-2)21(17)26-3)14-20(24)22-18-11-10-15-6-4-7-16(15)12-18/h5,8-12H,4,6-7,13-14H2,1-3H3,(H,22,24). The maximum absolute atomic E-state index is 12.4. The van der Waals surface area contributed by atoms with Crippen LogP contribution >= 0.6 is 0 Å². The normalized spacial score (nSPS) is 12.8. The van der Waals surface area contributed by atoms with E-state index in [9.17, 15) is 4.79 Å². The van der Waals surface area contributed by atoms with Crippen LogP contribution in [0.4, 0.5) is 5.69 Å². The van der Waals surface area contributed by atoms with Gasteiger partial charge in [-0.25, -0.2) is 0 Å². The Balaban J connectivity index is 1.59. The number of methoxy groups -OCH3 is 2. The summed E-state index contributed by atoms with van der Waals surface area (Å²) in [7, 11) is 5.17. The van der Waals surface area contributed by atoms with Crippen molar-refractivity contribution in [2.75, 3.05) is 33.1 Å². The average Bonchev–Trinajstić information content (AvgIpc) is 3.08. The van der Waals surface area contributed by atoms with E-state index >= 15 is 0 Å². The molecule has 1 aliphatic carbocycles. The van der Waals surface area contributed by atoms with Crippen molar-refractivity contribution in [3.63, 3.8) is 0 Å². The van der Waals surface area contributed by atoms with Gasteiger partial charge in [-0.1, -0.05) is 18.2 Å². The number of benzene rings is 2. The second-order valence-corrected chi connectivity index (χ2v) is 6.71. The van der Waals surface area contributed by atoms with Crippen LogP contribution in [-0.2, 0) is 24.2 Å². The van der Waals surface area contributed by atoms with Gasteiger partial charge in [-0.05, 0) is 55.6 Å². The van der Waals surface area contributed by atoms with E-state index < -0.39 is 0 Å². The molecule has 0 saturated heterocycles. The van der Waals surface area contributed by atoms with Crippen LogP contribution in [0.25, 0.3) is 0 Å². The molecule has 0 fully saturated rings. The number of likely N-dealkylation sites (N-methyl/N-ethyl adjacent to an activating group) is 1. The van der Waals surface area contributed by atoms with Crippen molar-refractivity contribution in [3.05, 3.63) is 53.1 Å². The van der Waals surface area contributed by atoms with Crippen molar-refractivity contribution in [1.29, 1.82) is 0 Å². The Bertz CT molecular complexity index is 789. The van der Waals surface area contributed by atoms with Gasteiger partial charge in [-0.3, -0.25) is 9.69 Å². The zero-order chi connectivity index (χ0) is 18.5. The van der Waals surface area contributed by atoms with Crippen LogP contribution in [0, 0.1) is 0 Å². The summed E-state index contributed by atoms with van der Waals surface area (Å²) in [5, 5.41) is 3.00. The lowest BCUT2D eigenvalue weighted by Crippen LogP contribution is -2.30. The molecule has 5 heteroatoms. The lowest BCUT2D eigenvalue weighted by molar-refractivity contribution is -0.117. The molecule has 0 radical (unpaired) electrons. The molecule has 5 nitrogen and oxygen atoms in total. The van der Waals surface area contributed by atoms with E-state index in [4.69, 9.17) is 9.47 Å². The third-order valence-corrected chi connectivity index (χ3v) is 4.72. The van der Waals surface area contributed by atoms with E-state index in [1.807, 2.05) is 36.2 Å². The molecule has 2 aromatic carbocycles. The molecular weight excluding hydrogens is 328 g/mol. The van der Waals surface area contributed by atoms with Crippen LogP contribution in [0.5, 0.6) is 11.5 Å². The van der Waals surface area contributed by atoms with Gasteiger partial charge in [0.1, 0.15) is 0 Å². The number of aryl methyl sites for hydroxylation is 2. The molecule has 0 unspecified atom stereocenters. The van der Waals surface area contributed by atoms with Crippen molar-refractivity contribution in [1.82, 2.24) is 4.90 Å². The molecule has 0 spiro atoms. The van der Waals surface area contributed by atoms with Gasteiger partial charge in [0, 0.05) is 17.8 Å². The smallest absolute Gasteiger partial charge is 0.238 e. The van der Waals surface area contributed by atoms with Gasteiger partial charge >= 0.3 is 0 Å². The fraction of sp³-hybridized carbons (Fsp3) is 0.381. The van der Waals surface area contributed by atoms with E-state index in [2.05, 4.69) is 17.4 Å². The van der Waals surface area contributed by atoms with Gasteiger partial charge in [-0.2, -0.15) is 0 Å². The van der Waals surface area contributed by atoms with Crippen molar-refractivity contribution in [3.8, 4) is 11.5 Å². The molecule has 26 heavy (non-hydrogen) atoms. The second kappa shape index (κ2) is 8.23. The van der Waals surface area contributed by atoms with E-state index in [1.54, 1.807) is 14.2 Å². The van der Waals surface area contributed by atoms with E-state index in [1.165, 1.54) is 17.5 Å². The van der Waals surface area contributed by atoms with Crippen LogP contribution in [0.2, 0.25) is 0 Å². The van der Waals surface area contributed by atoms with E-state index in [0.717, 1.165) is 24.1 Å². The number of fused-ring (bicyclic) bond motifs is 1. The Kier molecular flexibility index (Phi) is 5.78. The van der Waals surface area contributed by atoms with Gasteiger partial charge in [0.2, 0.25) is 5.91 Å². The summed E-state index contributed by atoms with van der Waals surface area (Å²) in [5.41, 5.74) is 4.63. The summed E-state index contributed by atoms with van der Waals surface area (Å²) in [6.07, 6.45) is 3.46.